The van der Waals surface area contributed by atoms with Gasteiger partial charge in [-0.3, -0.25) is 14.4 Å². The van der Waals surface area contributed by atoms with Gasteiger partial charge in [0, 0.05) is 6.54 Å². The normalized spacial score (nSPS) is 11.4. The summed E-state index contributed by atoms with van der Waals surface area (Å²) in [6.45, 7) is 0.121. The lowest BCUT2D eigenvalue weighted by atomic mass is 10.2. The first-order valence-corrected chi connectivity index (χ1v) is 6.04. The second kappa shape index (κ2) is 7.90. The number of carboxylic acids is 1. The van der Waals surface area contributed by atoms with Gasteiger partial charge in [0.15, 0.2) is 0 Å². The predicted octanol–water partition coefficient (Wildman–Crippen LogP) is -0.779. The Hall–Kier alpha value is -2.41. The standard InChI is InChI=1S/C13H17N3O4/c14-10(6-12(18)19)13(20)16-8-11(17)15-7-9-4-2-1-3-5-9/h1-5,10H,6-8,14H2,(H,15,17)(H,16,20)(H,18,19). The number of hydrogen-bond acceptors (Lipinski definition) is 4. The van der Waals surface area contributed by atoms with Crippen LogP contribution in [0.25, 0.3) is 0 Å². The molecule has 1 atom stereocenters. The summed E-state index contributed by atoms with van der Waals surface area (Å²) in [5.41, 5.74) is 6.28. The number of aliphatic carboxylic acids is 1. The van der Waals surface area contributed by atoms with Gasteiger partial charge in [0.1, 0.15) is 0 Å². The number of nitrogens with one attached hydrogen (secondary N) is 2. The molecule has 0 saturated carbocycles. The lowest BCUT2D eigenvalue weighted by Gasteiger charge is -2.10. The Labute approximate surface area is 116 Å². The summed E-state index contributed by atoms with van der Waals surface area (Å²) in [6.07, 6.45) is -0.475. The van der Waals surface area contributed by atoms with Crippen LogP contribution in [0, 0.1) is 0 Å². The highest BCUT2D eigenvalue weighted by Crippen LogP contribution is 1.96. The first-order valence-electron chi connectivity index (χ1n) is 6.04. The van der Waals surface area contributed by atoms with Crippen molar-refractivity contribution >= 4 is 17.8 Å². The van der Waals surface area contributed by atoms with Gasteiger partial charge >= 0.3 is 5.97 Å². The lowest BCUT2D eigenvalue weighted by molar-refractivity contribution is -0.139. The monoisotopic (exact) mass is 279 g/mol. The second-order valence-corrected chi connectivity index (χ2v) is 4.18. The van der Waals surface area contributed by atoms with Crippen LogP contribution in [0.1, 0.15) is 12.0 Å². The number of hydrogen-bond donors (Lipinski definition) is 4. The van der Waals surface area contributed by atoms with Crippen LogP contribution in [0.2, 0.25) is 0 Å². The van der Waals surface area contributed by atoms with Crippen molar-refractivity contribution in [3.63, 3.8) is 0 Å². The van der Waals surface area contributed by atoms with Gasteiger partial charge in [-0.2, -0.15) is 0 Å². The van der Waals surface area contributed by atoms with Crippen LogP contribution in [-0.2, 0) is 20.9 Å². The van der Waals surface area contributed by atoms with Crippen LogP contribution in [0.4, 0.5) is 0 Å². The summed E-state index contributed by atoms with van der Waals surface area (Å²) < 4.78 is 0. The maximum atomic E-state index is 11.5. The summed E-state index contributed by atoms with van der Waals surface area (Å²) in [5.74, 6) is -2.20. The van der Waals surface area contributed by atoms with Gasteiger partial charge < -0.3 is 21.5 Å². The Morgan fingerprint density at radius 2 is 1.80 bits per heavy atom. The fourth-order valence-corrected chi connectivity index (χ4v) is 1.44. The number of carboxylic acid groups (broad SMARTS) is 1. The Morgan fingerprint density at radius 1 is 1.15 bits per heavy atom. The zero-order valence-corrected chi connectivity index (χ0v) is 10.8. The van der Waals surface area contributed by atoms with Crippen molar-refractivity contribution in [2.75, 3.05) is 6.54 Å². The second-order valence-electron chi connectivity index (χ2n) is 4.18. The molecule has 0 aliphatic carbocycles. The van der Waals surface area contributed by atoms with E-state index in [-0.39, 0.29) is 12.5 Å². The molecule has 0 aliphatic rings. The molecule has 20 heavy (non-hydrogen) atoms. The maximum absolute atomic E-state index is 11.5. The Bertz CT molecular complexity index is 476. The molecule has 7 heteroatoms. The summed E-state index contributed by atoms with van der Waals surface area (Å²) in [5, 5.41) is 13.4. The molecule has 2 amide bonds. The van der Waals surface area contributed by atoms with Crippen molar-refractivity contribution in [1.29, 1.82) is 0 Å². The third-order valence-electron chi connectivity index (χ3n) is 2.49. The van der Waals surface area contributed by atoms with Crippen molar-refractivity contribution in [3.05, 3.63) is 35.9 Å². The van der Waals surface area contributed by atoms with Crippen LogP contribution in [0.5, 0.6) is 0 Å². The first kappa shape index (κ1) is 15.6. The van der Waals surface area contributed by atoms with E-state index in [1.54, 1.807) is 0 Å². The molecular weight excluding hydrogens is 262 g/mol. The lowest BCUT2D eigenvalue weighted by Crippen LogP contribution is -2.45. The van der Waals surface area contributed by atoms with Gasteiger partial charge in [-0.25, -0.2) is 0 Å². The number of amides is 2. The molecule has 0 heterocycles. The summed E-state index contributed by atoms with van der Waals surface area (Å²) >= 11 is 0. The maximum Gasteiger partial charge on any atom is 0.305 e. The van der Waals surface area contributed by atoms with Gasteiger partial charge in [-0.1, -0.05) is 30.3 Å². The van der Waals surface area contributed by atoms with E-state index in [9.17, 15) is 14.4 Å². The van der Waals surface area contributed by atoms with E-state index >= 15 is 0 Å². The molecule has 1 rings (SSSR count). The van der Waals surface area contributed by atoms with Crippen LogP contribution in [0.3, 0.4) is 0 Å². The third-order valence-corrected chi connectivity index (χ3v) is 2.49. The average molecular weight is 279 g/mol. The molecule has 1 aromatic carbocycles. The number of rotatable bonds is 7. The van der Waals surface area contributed by atoms with Gasteiger partial charge in [0.25, 0.3) is 0 Å². The zero-order chi connectivity index (χ0) is 15.0. The fourth-order valence-electron chi connectivity index (χ4n) is 1.44. The number of nitrogens with two attached hydrogens (primary N) is 1. The molecule has 0 spiro atoms. The van der Waals surface area contributed by atoms with E-state index in [1.165, 1.54) is 0 Å². The van der Waals surface area contributed by atoms with E-state index < -0.39 is 24.3 Å². The molecule has 5 N–H and O–H groups in total. The van der Waals surface area contributed by atoms with Crippen LogP contribution >= 0.6 is 0 Å². The van der Waals surface area contributed by atoms with Crippen LogP contribution in [0.15, 0.2) is 30.3 Å². The largest absolute Gasteiger partial charge is 0.481 e. The number of benzene rings is 1. The average Bonchev–Trinajstić information content (AvgIpc) is 2.42. The molecule has 0 fully saturated rings. The minimum Gasteiger partial charge on any atom is -0.481 e. The molecule has 0 aliphatic heterocycles. The highest BCUT2D eigenvalue weighted by molar-refractivity contribution is 5.89. The third kappa shape index (κ3) is 5.96. The molecular formula is C13H17N3O4. The topological polar surface area (TPSA) is 122 Å². The SMILES string of the molecule is NC(CC(=O)O)C(=O)NCC(=O)NCc1ccccc1. The number of carbonyl (C=O) groups excluding carboxylic acids is 2. The van der Waals surface area contributed by atoms with Crippen molar-refractivity contribution in [3.8, 4) is 0 Å². The van der Waals surface area contributed by atoms with E-state index in [4.69, 9.17) is 10.8 Å². The first-order chi connectivity index (χ1) is 9.49. The molecule has 1 aromatic rings. The van der Waals surface area contributed by atoms with Crippen molar-refractivity contribution < 1.29 is 19.5 Å². The van der Waals surface area contributed by atoms with Gasteiger partial charge in [-0.15, -0.1) is 0 Å². The Morgan fingerprint density at radius 3 is 2.40 bits per heavy atom. The van der Waals surface area contributed by atoms with Crippen LogP contribution < -0.4 is 16.4 Å². The highest BCUT2D eigenvalue weighted by Gasteiger charge is 2.17. The van der Waals surface area contributed by atoms with Crippen molar-refractivity contribution in [2.45, 2.75) is 19.0 Å². The minimum absolute atomic E-state index is 0.237. The van der Waals surface area contributed by atoms with Crippen molar-refractivity contribution in [1.82, 2.24) is 10.6 Å². The minimum atomic E-state index is -1.17. The molecule has 0 radical (unpaired) electrons. The van der Waals surface area contributed by atoms with Gasteiger partial charge in [-0.05, 0) is 5.56 Å². The summed E-state index contributed by atoms with van der Waals surface area (Å²) in [6, 6.07) is 8.15. The van der Waals surface area contributed by atoms with Crippen LogP contribution in [-0.4, -0.2) is 35.5 Å². The molecule has 7 nitrogen and oxygen atoms in total. The molecule has 0 bridgehead atoms. The van der Waals surface area contributed by atoms with E-state index in [1.807, 2.05) is 30.3 Å². The Kier molecular flexibility index (Phi) is 6.18. The molecule has 1 unspecified atom stereocenters. The highest BCUT2D eigenvalue weighted by atomic mass is 16.4. The van der Waals surface area contributed by atoms with E-state index in [2.05, 4.69) is 10.6 Å². The molecule has 0 aromatic heterocycles. The molecule has 108 valence electrons. The summed E-state index contributed by atoms with van der Waals surface area (Å²) in [7, 11) is 0. The van der Waals surface area contributed by atoms with E-state index in [0.29, 0.717) is 6.54 Å². The fraction of sp³-hybridized carbons (Fsp3) is 0.308. The number of carbonyl (C=O) groups is 3. The summed E-state index contributed by atoms with van der Waals surface area (Å²) in [4.78, 5) is 33.2. The zero-order valence-electron chi connectivity index (χ0n) is 10.8. The predicted molar refractivity (Wildman–Crippen MR) is 71.5 cm³/mol. The van der Waals surface area contributed by atoms with Gasteiger partial charge in [0.2, 0.25) is 11.8 Å². The Balaban J connectivity index is 2.26. The van der Waals surface area contributed by atoms with Gasteiger partial charge in [0.05, 0.1) is 19.0 Å². The van der Waals surface area contributed by atoms with E-state index in [0.717, 1.165) is 5.56 Å². The quantitative estimate of drug-likeness (QED) is 0.521. The van der Waals surface area contributed by atoms with Crippen molar-refractivity contribution in [2.24, 2.45) is 5.73 Å². The molecule has 0 saturated heterocycles. The smallest absolute Gasteiger partial charge is 0.305 e.